The second kappa shape index (κ2) is 5.79. The predicted molar refractivity (Wildman–Crippen MR) is 87.4 cm³/mol. The summed E-state index contributed by atoms with van der Waals surface area (Å²) in [4.78, 5) is 12.1. The minimum absolute atomic E-state index is 0.566. The van der Waals surface area contributed by atoms with Gasteiger partial charge in [-0.1, -0.05) is 19.3 Å². The third kappa shape index (κ3) is 2.34. The predicted octanol–water partition coefficient (Wildman–Crippen LogP) is 4.45. The lowest BCUT2D eigenvalue weighted by atomic mass is 9.94. The zero-order valence-electron chi connectivity index (χ0n) is 12.6. The van der Waals surface area contributed by atoms with Crippen LogP contribution in [0.5, 0.6) is 0 Å². The molecule has 1 fully saturated rings. The first-order chi connectivity index (χ1) is 10.9. The highest BCUT2D eigenvalue weighted by molar-refractivity contribution is 5.78. The second-order valence-corrected chi connectivity index (χ2v) is 5.98. The van der Waals surface area contributed by atoms with E-state index in [-0.39, 0.29) is 0 Å². The van der Waals surface area contributed by atoms with Gasteiger partial charge in [0.2, 0.25) is 0 Å². The number of nitrogens with zero attached hydrogens (tertiary/aromatic N) is 3. The Labute approximate surface area is 130 Å². The van der Waals surface area contributed by atoms with Crippen molar-refractivity contribution in [2.75, 3.05) is 0 Å². The summed E-state index contributed by atoms with van der Waals surface area (Å²) in [7, 11) is 0. The van der Waals surface area contributed by atoms with E-state index >= 15 is 0 Å². The standard InChI is InChI=1S/C18H20N4/c1-2-6-16(7-3-1)22-13-21-17(14-5-4-9-19-11-14)18(22)15-8-10-20-12-15/h4-5,8-13,16,20H,1-3,6-7H2. The molecule has 0 aromatic carbocycles. The summed E-state index contributed by atoms with van der Waals surface area (Å²) in [6.07, 6.45) is 16.2. The molecule has 1 saturated carbocycles. The summed E-state index contributed by atoms with van der Waals surface area (Å²) in [5.41, 5.74) is 4.51. The zero-order valence-corrected chi connectivity index (χ0v) is 12.6. The molecule has 112 valence electrons. The van der Waals surface area contributed by atoms with Crippen LogP contribution in [-0.2, 0) is 0 Å². The van der Waals surface area contributed by atoms with Crippen molar-refractivity contribution >= 4 is 0 Å². The van der Waals surface area contributed by atoms with Gasteiger partial charge in [0, 0.05) is 42.0 Å². The van der Waals surface area contributed by atoms with Gasteiger partial charge in [0.25, 0.3) is 0 Å². The molecule has 22 heavy (non-hydrogen) atoms. The van der Waals surface area contributed by atoms with Crippen LogP contribution < -0.4 is 0 Å². The van der Waals surface area contributed by atoms with E-state index in [1.165, 1.54) is 43.4 Å². The summed E-state index contributed by atoms with van der Waals surface area (Å²) >= 11 is 0. The SMILES string of the molecule is c1cncc(-c2ncn(C3CCCCC3)c2-c2cc[nH]c2)c1. The number of aromatic nitrogens is 4. The quantitative estimate of drug-likeness (QED) is 0.775. The van der Waals surface area contributed by atoms with Crippen molar-refractivity contribution in [1.82, 2.24) is 19.5 Å². The largest absolute Gasteiger partial charge is 0.367 e. The van der Waals surface area contributed by atoms with Gasteiger partial charge in [-0.15, -0.1) is 0 Å². The number of rotatable bonds is 3. The van der Waals surface area contributed by atoms with Gasteiger partial charge in [-0.05, 0) is 31.0 Å². The van der Waals surface area contributed by atoms with Crippen LogP contribution in [0.15, 0.2) is 49.3 Å². The van der Waals surface area contributed by atoms with Gasteiger partial charge < -0.3 is 9.55 Å². The normalized spacial score (nSPS) is 16.0. The third-order valence-electron chi connectivity index (χ3n) is 4.57. The fraction of sp³-hybridized carbons (Fsp3) is 0.333. The molecule has 0 spiro atoms. The minimum atomic E-state index is 0.566. The summed E-state index contributed by atoms with van der Waals surface area (Å²) in [5, 5.41) is 0. The van der Waals surface area contributed by atoms with Crippen molar-refractivity contribution in [3.05, 3.63) is 49.3 Å². The highest BCUT2D eigenvalue weighted by Crippen LogP contribution is 2.37. The number of hydrogen-bond donors (Lipinski definition) is 1. The number of aromatic amines is 1. The summed E-state index contributed by atoms with van der Waals surface area (Å²) in [6, 6.07) is 6.74. The maximum absolute atomic E-state index is 4.73. The molecule has 4 rings (SSSR count). The Balaban J connectivity index is 1.84. The van der Waals surface area contributed by atoms with E-state index in [0.29, 0.717) is 6.04 Å². The van der Waals surface area contributed by atoms with Gasteiger partial charge in [0.15, 0.2) is 0 Å². The molecule has 0 unspecified atom stereocenters. The fourth-order valence-corrected chi connectivity index (χ4v) is 3.47. The average molecular weight is 292 g/mol. The molecule has 0 aliphatic heterocycles. The van der Waals surface area contributed by atoms with E-state index in [1.54, 1.807) is 6.20 Å². The summed E-state index contributed by atoms with van der Waals surface area (Å²) in [5.74, 6) is 0. The Morgan fingerprint density at radius 1 is 1.09 bits per heavy atom. The summed E-state index contributed by atoms with van der Waals surface area (Å²) < 4.78 is 2.38. The van der Waals surface area contributed by atoms with Gasteiger partial charge in [-0.25, -0.2) is 4.98 Å². The van der Waals surface area contributed by atoms with Crippen LogP contribution in [0.3, 0.4) is 0 Å². The van der Waals surface area contributed by atoms with Crippen molar-refractivity contribution in [1.29, 1.82) is 0 Å². The van der Waals surface area contributed by atoms with Crippen LogP contribution in [0, 0.1) is 0 Å². The van der Waals surface area contributed by atoms with Gasteiger partial charge in [0.05, 0.1) is 17.7 Å². The molecule has 3 aromatic heterocycles. The maximum atomic E-state index is 4.73. The highest BCUT2D eigenvalue weighted by atomic mass is 15.1. The van der Waals surface area contributed by atoms with Crippen molar-refractivity contribution < 1.29 is 0 Å². The smallest absolute Gasteiger partial charge is 0.0979 e. The van der Waals surface area contributed by atoms with Crippen molar-refractivity contribution in [3.63, 3.8) is 0 Å². The molecular weight excluding hydrogens is 272 g/mol. The van der Waals surface area contributed by atoms with Crippen molar-refractivity contribution in [3.8, 4) is 22.5 Å². The third-order valence-corrected chi connectivity index (χ3v) is 4.57. The average Bonchev–Trinajstić information content (AvgIpc) is 3.25. The van der Waals surface area contributed by atoms with Gasteiger partial charge in [-0.2, -0.15) is 0 Å². The lowest BCUT2D eigenvalue weighted by molar-refractivity contribution is 0.355. The molecule has 3 aromatic rings. The molecule has 1 N–H and O–H groups in total. The minimum Gasteiger partial charge on any atom is -0.367 e. The van der Waals surface area contributed by atoms with Crippen LogP contribution in [0.1, 0.15) is 38.1 Å². The Hall–Kier alpha value is -2.36. The Morgan fingerprint density at radius 2 is 2.00 bits per heavy atom. The van der Waals surface area contributed by atoms with Crippen LogP contribution in [-0.4, -0.2) is 19.5 Å². The number of hydrogen-bond acceptors (Lipinski definition) is 2. The van der Waals surface area contributed by atoms with Gasteiger partial charge in [0.1, 0.15) is 0 Å². The Morgan fingerprint density at radius 3 is 2.73 bits per heavy atom. The molecule has 3 heterocycles. The molecule has 0 radical (unpaired) electrons. The molecule has 1 aliphatic rings. The first kappa shape index (κ1) is 13.3. The molecular formula is C18H20N4. The van der Waals surface area contributed by atoms with E-state index in [4.69, 9.17) is 4.98 Å². The van der Waals surface area contributed by atoms with E-state index < -0.39 is 0 Å². The zero-order chi connectivity index (χ0) is 14.8. The lowest BCUT2D eigenvalue weighted by Crippen LogP contribution is -2.13. The topological polar surface area (TPSA) is 46.5 Å². The number of H-pyrrole nitrogens is 1. The van der Waals surface area contributed by atoms with Crippen molar-refractivity contribution in [2.45, 2.75) is 38.1 Å². The van der Waals surface area contributed by atoms with Crippen molar-refractivity contribution in [2.24, 2.45) is 0 Å². The first-order valence-electron chi connectivity index (χ1n) is 8.04. The van der Waals surface area contributed by atoms with Crippen LogP contribution in [0.4, 0.5) is 0 Å². The van der Waals surface area contributed by atoms with E-state index in [0.717, 1.165) is 11.3 Å². The van der Waals surface area contributed by atoms with Gasteiger partial charge >= 0.3 is 0 Å². The second-order valence-electron chi connectivity index (χ2n) is 5.98. The molecule has 4 nitrogen and oxygen atoms in total. The number of imidazole rings is 1. The first-order valence-corrected chi connectivity index (χ1v) is 8.04. The Bertz CT molecular complexity index is 722. The molecule has 0 saturated heterocycles. The lowest BCUT2D eigenvalue weighted by Gasteiger charge is -2.25. The molecule has 4 heteroatoms. The van der Waals surface area contributed by atoms with Crippen LogP contribution >= 0.6 is 0 Å². The fourth-order valence-electron chi connectivity index (χ4n) is 3.47. The summed E-state index contributed by atoms with van der Waals surface area (Å²) in [6.45, 7) is 0. The van der Waals surface area contributed by atoms with Crippen LogP contribution in [0.2, 0.25) is 0 Å². The molecule has 1 aliphatic carbocycles. The van der Waals surface area contributed by atoms with Crippen LogP contribution in [0.25, 0.3) is 22.5 Å². The molecule has 0 bridgehead atoms. The number of nitrogens with one attached hydrogen (secondary N) is 1. The monoisotopic (exact) mass is 292 g/mol. The molecule has 0 atom stereocenters. The molecule has 0 amide bonds. The maximum Gasteiger partial charge on any atom is 0.0979 e. The van der Waals surface area contributed by atoms with E-state index in [2.05, 4.69) is 32.9 Å². The van der Waals surface area contributed by atoms with E-state index in [9.17, 15) is 0 Å². The van der Waals surface area contributed by atoms with Gasteiger partial charge in [-0.3, -0.25) is 4.98 Å². The highest BCUT2D eigenvalue weighted by Gasteiger charge is 2.22. The number of pyridine rings is 1. The Kier molecular flexibility index (Phi) is 3.51. The van der Waals surface area contributed by atoms with E-state index in [1.807, 2.05) is 24.8 Å².